The van der Waals surface area contributed by atoms with E-state index in [0.29, 0.717) is 0 Å². The first kappa shape index (κ1) is 14.1. The number of aromatic nitrogens is 3. The van der Waals surface area contributed by atoms with E-state index in [4.69, 9.17) is 0 Å². The van der Waals surface area contributed by atoms with E-state index in [2.05, 4.69) is 15.0 Å². The summed E-state index contributed by atoms with van der Waals surface area (Å²) in [7, 11) is 0. The van der Waals surface area contributed by atoms with Crippen molar-refractivity contribution in [1.29, 1.82) is 0 Å². The Morgan fingerprint density at radius 2 is 2.14 bits per heavy atom. The third kappa shape index (κ3) is 2.92. The number of amides is 1. The zero-order valence-electron chi connectivity index (χ0n) is 12.1. The second-order valence-corrected chi connectivity index (χ2v) is 5.91. The van der Waals surface area contributed by atoms with Crippen LogP contribution >= 0.6 is 11.3 Å². The van der Waals surface area contributed by atoms with Gasteiger partial charge in [0.1, 0.15) is 6.04 Å². The molecule has 21 heavy (non-hydrogen) atoms. The second kappa shape index (κ2) is 6.26. The van der Waals surface area contributed by atoms with E-state index in [-0.39, 0.29) is 11.9 Å². The zero-order chi connectivity index (χ0) is 14.7. The van der Waals surface area contributed by atoms with Gasteiger partial charge in [-0.15, -0.1) is 11.3 Å². The van der Waals surface area contributed by atoms with E-state index >= 15 is 0 Å². The lowest BCUT2D eigenvalue weighted by Gasteiger charge is -2.36. The number of carbonyl (C=O) groups is 1. The summed E-state index contributed by atoms with van der Waals surface area (Å²) < 4.78 is 1.76. The lowest BCUT2D eigenvalue weighted by atomic mass is 10.2. The van der Waals surface area contributed by atoms with Crippen molar-refractivity contribution in [2.45, 2.75) is 19.4 Å². The monoisotopic (exact) mass is 305 g/mol. The minimum absolute atomic E-state index is 0.167. The van der Waals surface area contributed by atoms with Crippen LogP contribution in [0.1, 0.15) is 19.4 Å². The molecule has 0 saturated carbocycles. The third-order valence-corrected chi connectivity index (χ3v) is 4.63. The van der Waals surface area contributed by atoms with E-state index < -0.39 is 0 Å². The molecule has 1 atom stereocenters. The number of rotatable bonds is 4. The Morgan fingerprint density at radius 1 is 1.33 bits per heavy atom. The van der Waals surface area contributed by atoms with Gasteiger partial charge in [-0.3, -0.25) is 9.48 Å². The molecule has 3 rings (SSSR count). The lowest BCUT2D eigenvalue weighted by Crippen LogP contribution is -2.50. The highest BCUT2D eigenvalue weighted by Gasteiger charge is 2.28. The number of hydrogen-bond donors (Lipinski definition) is 0. The first-order valence-electron chi connectivity index (χ1n) is 7.22. The van der Waals surface area contributed by atoms with Crippen LogP contribution in [0.5, 0.6) is 0 Å². The number of nitrogens with zero attached hydrogens (tertiary/aromatic N) is 5. The van der Waals surface area contributed by atoms with Crippen molar-refractivity contribution in [3.05, 3.63) is 30.0 Å². The molecule has 0 N–H and O–H groups in total. The fraction of sp³-hybridized carbons (Fsp3) is 0.500. The van der Waals surface area contributed by atoms with E-state index in [1.165, 1.54) is 0 Å². The second-order valence-electron chi connectivity index (χ2n) is 5.04. The molecule has 1 unspecified atom stereocenters. The van der Waals surface area contributed by atoms with Crippen LogP contribution in [0.4, 0.5) is 5.13 Å². The van der Waals surface area contributed by atoms with E-state index in [9.17, 15) is 4.79 Å². The molecule has 0 aliphatic carbocycles. The highest BCUT2D eigenvalue weighted by Crippen LogP contribution is 2.21. The largest absolute Gasteiger partial charge is 0.345 e. The van der Waals surface area contributed by atoms with Gasteiger partial charge in [-0.05, 0) is 12.5 Å². The van der Waals surface area contributed by atoms with Gasteiger partial charge >= 0.3 is 0 Å². The molecule has 0 aromatic carbocycles. The van der Waals surface area contributed by atoms with Crippen molar-refractivity contribution >= 4 is 22.4 Å². The number of anilines is 1. The van der Waals surface area contributed by atoms with Crippen LogP contribution in [-0.2, 0) is 4.79 Å². The van der Waals surface area contributed by atoms with Gasteiger partial charge in [0.05, 0.1) is 0 Å². The van der Waals surface area contributed by atoms with E-state index in [1.54, 1.807) is 22.2 Å². The highest BCUT2D eigenvalue weighted by molar-refractivity contribution is 7.13. The van der Waals surface area contributed by atoms with Crippen molar-refractivity contribution in [1.82, 2.24) is 19.7 Å². The summed E-state index contributed by atoms with van der Waals surface area (Å²) in [6, 6.07) is 1.67. The van der Waals surface area contributed by atoms with Crippen molar-refractivity contribution in [2.75, 3.05) is 31.1 Å². The minimum atomic E-state index is -0.189. The quantitative estimate of drug-likeness (QED) is 0.862. The molecule has 7 heteroatoms. The Bertz CT molecular complexity index is 560. The van der Waals surface area contributed by atoms with Gasteiger partial charge in [0.15, 0.2) is 5.13 Å². The summed E-state index contributed by atoms with van der Waals surface area (Å²) in [5, 5.41) is 7.24. The first-order chi connectivity index (χ1) is 10.3. The molecule has 1 aliphatic rings. The van der Waals surface area contributed by atoms with E-state index in [0.717, 1.165) is 37.7 Å². The number of thiazole rings is 1. The molecule has 1 saturated heterocycles. The average Bonchev–Trinajstić information content (AvgIpc) is 3.22. The van der Waals surface area contributed by atoms with Crippen molar-refractivity contribution in [2.24, 2.45) is 0 Å². The fourth-order valence-corrected chi connectivity index (χ4v) is 3.34. The van der Waals surface area contributed by atoms with Gasteiger partial charge in [0, 0.05) is 50.1 Å². The number of hydrogen-bond acceptors (Lipinski definition) is 5. The van der Waals surface area contributed by atoms with Crippen LogP contribution < -0.4 is 4.90 Å². The molecule has 2 aromatic heterocycles. The van der Waals surface area contributed by atoms with Gasteiger partial charge in [-0.2, -0.15) is 5.10 Å². The number of piperazine rings is 1. The van der Waals surface area contributed by atoms with Crippen LogP contribution in [0, 0.1) is 0 Å². The SMILES string of the molecule is CCC(C(=O)N1CCN(c2nccs2)CC1)n1cccn1. The Labute approximate surface area is 128 Å². The van der Waals surface area contributed by atoms with Crippen LogP contribution in [0.25, 0.3) is 0 Å². The molecule has 3 heterocycles. The van der Waals surface area contributed by atoms with Crippen molar-refractivity contribution in [3.8, 4) is 0 Å². The summed E-state index contributed by atoms with van der Waals surface area (Å²) >= 11 is 1.65. The molecule has 112 valence electrons. The molecule has 2 aromatic rings. The summed E-state index contributed by atoms with van der Waals surface area (Å²) in [6.45, 7) is 5.20. The molecule has 1 amide bonds. The minimum Gasteiger partial charge on any atom is -0.345 e. The molecular weight excluding hydrogens is 286 g/mol. The normalized spacial score (nSPS) is 17.0. The Hall–Kier alpha value is -1.89. The molecule has 1 fully saturated rings. The van der Waals surface area contributed by atoms with Gasteiger partial charge in [-0.1, -0.05) is 6.92 Å². The standard InChI is InChI=1S/C14H19N5OS/c1-2-12(19-6-3-4-16-19)13(20)17-7-9-18(10-8-17)14-15-5-11-21-14/h3-6,11-12H,2,7-10H2,1H3. The maximum Gasteiger partial charge on any atom is 0.247 e. The maximum absolute atomic E-state index is 12.7. The predicted molar refractivity (Wildman–Crippen MR) is 82.5 cm³/mol. The molecule has 0 spiro atoms. The highest BCUT2D eigenvalue weighted by atomic mass is 32.1. The van der Waals surface area contributed by atoms with Crippen LogP contribution in [0.2, 0.25) is 0 Å². The van der Waals surface area contributed by atoms with Gasteiger partial charge in [-0.25, -0.2) is 4.98 Å². The molecule has 0 bridgehead atoms. The van der Waals surface area contributed by atoms with Crippen LogP contribution in [0.15, 0.2) is 30.0 Å². The molecule has 6 nitrogen and oxygen atoms in total. The lowest BCUT2D eigenvalue weighted by molar-refractivity contribution is -0.135. The first-order valence-corrected chi connectivity index (χ1v) is 8.10. The average molecular weight is 305 g/mol. The van der Waals surface area contributed by atoms with Gasteiger partial charge in [0.25, 0.3) is 0 Å². The molecular formula is C14H19N5OS. The molecule has 1 aliphatic heterocycles. The maximum atomic E-state index is 12.7. The van der Waals surface area contributed by atoms with Crippen molar-refractivity contribution in [3.63, 3.8) is 0 Å². The van der Waals surface area contributed by atoms with Gasteiger partial charge in [0.2, 0.25) is 5.91 Å². The third-order valence-electron chi connectivity index (χ3n) is 3.80. The van der Waals surface area contributed by atoms with E-state index in [1.807, 2.05) is 35.7 Å². The fourth-order valence-electron chi connectivity index (χ4n) is 2.64. The number of carbonyl (C=O) groups excluding carboxylic acids is 1. The summed E-state index contributed by atoms with van der Waals surface area (Å²) in [6.07, 6.45) is 6.16. The van der Waals surface area contributed by atoms with Crippen molar-refractivity contribution < 1.29 is 4.79 Å². The summed E-state index contributed by atoms with van der Waals surface area (Å²) in [5.74, 6) is 0.167. The Morgan fingerprint density at radius 3 is 2.71 bits per heavy atom. The smallest absolute Gasteiger partial charge is 0.247 e. The predicted octanol–water partition coefficient (Wildman–Crippen LogP) is 1.64. The topological polar surface area (TPSA) is 54.3 Å². The molecule has 0 radical (unpaired) electrons. The van der Waals surface area contributed by atoms with Crippen LogP contribution in [-0.4, -0.2) is 51.8 Å². The summed E-state index contributed by atoms with van der Waals surface area (Å²) in [5.41, 5.74) is 0. The Balaban J connectivity index is 1.62. The zero-order valence-corrected chi connectivity index (χ0v) is 12.9. The Kier molecular flexibility index (Phi) is 4.19. The van der Waals surface area contributed by atoms with Crippen LogP contribution in [0.3, 0.4) is 0 Å². The van der Waals surface area contributed by atoms with Gasteiger partial charge < -0.3 is 9.80 Å². The summed E-state index contributed by atoms with van der Waals surface area (Å²) in [4.78, 5) is 21.2.